The van der Waals surface area contributed by atoms with E-state index in [2.05, 4.69) is 33.7 Å². The Balaban J connectivity index is 1.70. The molecule has 2 aliphatic rings. The van der Waals surface area contributed by atoms with Gasteiger partial charge in [0.2, 0.25) is 5.91 Å². The third kappa shape index (κ3) is 3.26. The Morgan fingerprint density at radius 2 is 2.00 bits per heavy atom. The third-order valence-corrected chi connectivity index (χ3v) is 3.74. The zero-order valence-electron chi connectivity index (χ0n) is 11.2. The van der Waals surface area contributed by atoms with Gasteiger partial charge in [0.25, 0.3) is 0 Å². The van der Waals surface area contributed by atoms with Gasteiger partial charge in [-0.05, 0) is 24.5 Å². The molecule has 1 saturated heterocycles. The molecular formula is C15H21N3O. The minimum Gasteiger partial charge on any atom is -0.369 e. The van der Waals surface area contributed by atoms with Crippen LogP contribution >= 0.6 is 0 Å². The molecule has 1 aliphatic heterocycles. The van der Waals surface area contributed by atoms with Gasteiger partial charge in [-0.3, -0.25) is 4.79 Å². The molecule has 2 fully saturated rings. The molecule has 0 atom stereocenters. The Bertz CT molecular complexity index is 450. The highest BCUT2D eigenvalue weighted by atomic mass is 16.1. The maximum atomic E-state index is 12.0. The van der Waals surface area contributed by atoms with Crippen molar-refractivity contribution in [3.05, 3.63) is 29.8 Å². The van der Waals surface area contributed by atoms with Crippen LogP contribution in [0, 0.1) is 0 Å². The van der Waals surface area contributed by atoms with Gasteiger partial charge in [0.05, 0.1) is 6.42 Å². The van der Waals surface area contributed by atoms with Crippen molar-refractivity contribution in [1.29, 1.82) is 0 Å². The van der Waals surface area contributed by atoms with Crippen LogP contribution in [-0.4, -0.2) is 38.1 Å². The normalized spacial score (nSPS) is 19.3. The Kier molecular flexibility index (Phi) is 3.69. The Morgan fingerprint density at radius 1 is 1.26 bits per heavy atom. The Labute approximate surface area is 114 Å². The van der Waals surface area contributed by atoms with E-state index in [-0.39, 0.29) is 5.91 Å². The van der Waals surface area contributed by atoms with Gasteiger partial charge in [-0.15, -0.1) is 0 Å². The van der Waals surface area contributed by atoms with Crippen LogP contribution < -0.4 is 15.5 Å². The molecule has 4 nitrogen and oxygen atoms in total. The fourth-order valence-corrected chi connectivity index (χ4v) is 2.55. The average Bonchev–Trinajstić information content (AvgIpc) is 3.24. The number of benzene rings is 1. The molecule has 1 amide bonds. The van der Waals surface area contributed by atoms with Crippen LogP contribution in [0.5, 0.6) is 0 Å². The molecule has 0 spiro atoms. The number of para-hydroxylation sites is 1. The van der Waals surface area contributed by atoms with Gasteiger partial charge in [-0.2, -0.15) is 0 Å². The number of amides is 1. The fourth-order valence-electron chi connectivity index (χ4n) is 2.55. The lowest BCUT2D eigenvalue weighted by atomic mass is 10.1. The van der Waals surface area contributed by atoms with Crippen LogP contribution in [0.15, 0.2) is 24.3 Å². The van der Waals surface area contributed by atoms with E-state index in [0.29, 0.717) is 12.5 Å². The number of nitrogens with one attached hydrogen (secondary N) is 2. The summed E-state index contributed by atoms with van der Waals surface area (Å²) in [4.78, 5) is 14.3. The predicted octanol–water partition coefficient (Wildman–Crippen LogP) is 0.917. The standard InChI is InChI=1S/C15H21N3O/c19-15(17-13-5-6-13)11-12-3-1-2-4-14(12)18-9-7-16-8-10-18/h1-4,13,16H,5-11H2,(H,17,19). The van der Waals surface area contributed by atoms with Crippen molar-refractivity contribution in [1.82, 2.24) is 10.6 Å². The minimum absolute atomic E-state index is 0.157. The first-order valence-electron chi connectivity index (χ1n) is 7.16. The molecule has 0 radical (unpaired) electrons. The lowest BCUT2D eigenvalue weighted by molar-refractivity contribution is -0.120. The zero-order chi connectivity index (χ0) is 13.1. The molecule has 1 aromatic rings. The number of hydrogen-bond acceptors (Lipinski definition) is 3. The van der Waals surface area contributed by atoms with Crippen LogP contribution in [-0.2, 0) is 11.2 Å². The molecule has 0 aromatic heterocycles. The maximum absolute atomic E-state index is 12.0. The number of piperazine rings is 1. The Morgan fingerprint density at radius 3 is 2.74 bits per heavy atom. The summed E-state index contributed by atoms with van der Waals surface area (Å²) in [5, 5.41) is 6.42. The third-order valence-electron chi connectivity index (χ3n) is 3.74. The van der Waals surface area contributed by atoms with Crippen molar-refractivity contribution in [2.75, 3.05) is 31.1 Å². The second kappa shape index (κ2) is 5.61. The van der Waals surface area contributed by atoms with Gasteiger partial charge in [0.15, 0.2) is 0 Å². The first-order valence-corrected chi connectivity index (χ1v) is 7.16. The van der Waals surface area contributed by atoms with E-state index >= 15 is 0 Å². The molecule has 1 saturated carbocycles. The van der Waals surface area contributed by atoms with E-state index in [1.807, 2.05) is 6.07 Å². The van der Waals surface area contributed by atoms with Crippen molar-refractivity contribution in [2.45, 2.75) is 25.3 Å². The van der Waals surface area contributed by atoms with E-state index in [4.69, 9.17) is 0 Å². The molecule has 1 aliphatic carbocycles. The highest BCUT2D eigenvalue weighted by Gasteiger charge is 2.24. The number of nitrogens with zero attached hydrogens (tertiary/aromatic N) is 1. The summed E-state index contributed by atoms with van der Waals surface area (Å²) in [6, 6.07) is 8.72. The summed E-state index contributed by atoms with van der Waals surface area (Å²) in [5.74, 6) is 0.157. The zero-order valence-corrected chi connectivity index (χ0v) is 11.2. The van der Waals surface area contributed by atoms with E-state index < -0.39 is 0 Å². The van der Waals surface area contributed by atoms with Gasteiger partial charge in [-0.25, -0.2) is 0 Å². The van der Waals surface area contributed by atoms with Crippen molar-refractivity contribution in [3.63, 3.8) is 0 Å². The lowest BCUT2D eigenvalue weighted by Crippen LogP contribution is -2.44. The average molecular weight is 259 g/mol. The summed E-state index contributed by atoms with van der Waals surface area (Å²) in [6.07, 6.45) is 2.78. The van der Waals surface area contributed by atoms with Crippen LogP contribution in [0.3, 0.4) is 0 Å². The van der Waals surface area contributed by atoms with Gasteiger partial charge in [0.1, 0.15) is 0 Å². The second-order valence-electron chi connectivity index (χ2n) is 5.38. The predicted molar refractivity (Wildman–Crippen MR) is 76.4 cm³/mol. The molecule has 0 unspecified atom stereocenters. The van der Waals surface area contributed by atoms with E-state index in [9.17, 15) is 4.79 Å². The summed E-state index contributed by atoms with van der Waals surface area (Å²) in [5.41, 5.74) is 2.36. The fraction of sp³-hybridized carbons (Fsp3) is 0.533. The Hall–Kier alpha value is -1.55. The van der Waals surface area contributed by atoms with Gasteiger partial charge >= 0.3 is 0 Å². The molecule has 2 N–H and O–H groups in total. The lowest BCUT2D eigenvalue weighted by Gasteiger charge is -2.31. The first-order chi connectivity index (χ1) is 9.33. The number of carbonyl (C=O) groups is 1. The van der Waals surface area contributed by atoms with E-state index in [1.54, 1.807) is 0 Å². The van der Waals surface area contributed by atoms with E-state index in [1.165, 1.54) is 5.69 Å². The topological polar surface area (TPSA) is 44.4 Å². The summed E-state index contributed by atoms with van der Waals surface area (Å²) < 4.78 is 0. The van der Waals surface area contributed by atoms with Gasteiger partial charge < -0.3 is 15.5 Å². The molecule has 3 rings (SSSR count). The van der Waals surface area contributed by atoms with Crippen molar-refractivity contribution in [3.8, 4) is 0 Å². The molecule has 0 bridgehead atoms. The molecule has 1 heterocycles. The van der Waals surface area contributed by atoms with Crippen molar-refractivity contribution >= 4 is 11.6 Å². The maximum Gasteiger partial charge on any atom is 0.224 e. The summed E-state index contributed by atoms with van der Waals surface area (Å²) in [7, 11) is 0. The number of rotatable bonds is 4. The van der Waals surface area contributed by atoms with Gasteiger partial charge in [-0.1, -0.05) is 18.2 Å². The molecule has 4 heteroatoms. The van der Waals surface area contributed by atoms with Crippen molar-refractivity contribution < 1.29 is 4.79 Å². The van der Waals surface area contributed by atoms with Crippen LogP contribution in [0.25, 0.3) is 0 Å². The number of hydrogen-bond donors (Lipinski definition) is 2. The second-order valence-corrected chi connectivity index (χ2v) is 5.38. The van der Waals surface area contributed by atoms with Gasteiger partial charge in [0, 0.05) is 37.9 Å². The molecule has 102 valence electrons. The smallest absolute Gasteiger partial charge is 0.224 e. The highest BCUT2D eigenvalue weighted by molar-refractivity contribution is 5.81. The molecule has 19 heavy (non-hydrogen) atoms. The summed E-state index contributed by atoms with van der Waals surface area (Å²) in [6.45, 7) is 4.06. The number of anilines is 1. The first kappa shape index (κ1) is 12.5. The molecular weight excluding hydrogens is 238 g/mol. The quantitative estimate of drug-likeness (QED) is 0.845. The molecule has 1 aromatic carbocycles. The number of carbonyl (C=O) groups excluding carboxylic acids is 1. The SMILES string of the molecule is O=C(Cc1ccccc1N1CCNCC1)NC1CC1. The minimum atomic E-state index is 0.157. The van der Waals surface area contributed by atoms with Crippen LogP contribution in [0.2, 0.25) is 0 Å². The summed E-state index contributed by atoms with van der Waals surface area (Å²) >= 11 is 0. The highest BCUT2D eigenvalue weighted by Crippen LogP contribution is 2.23. The van der Waals surface area contributed by atoms with Crippen molar-refractivity contribution in [2.24, 2.45) is 0 Å². The van der Waals surface area contributed by atoms with E-state index in [0.717, 1.165) is 44.6 Å². The monoisotopic (exact) mass is 259 g/mol. The van der Waals surface area contributed by atoms with Crippen LogP contribution in [0.4, 0.5) is 5.69 Å². The van der Waals surface area contributed by atoms with Crippen LogP contribution in [0.1, 0.15) is 18.4 Å². The largest absolute Gasteiger partial charge is 0.369 e.